The van der Waals surface area contributed by atoms with Crippen LogP contribution < -0.4 is 5.73 Å². The molecule has 0 unspecified atom stereocenters. The maximum Gasteiger partial charge on any atom is 0.144 e. The molecule has 1 rings (SSSR count). The average molecular weight is 156 g/mol. The van der Waals surface area contributed by atoms with Gasteiger partial charge in [0.05, 0.1) is 11.3 Å². The van der Waals surface area contributed by atoms with Crippen LogP contribution in [-0.2, 0) is 0 Å². The fraction of sp³-hybridized carbons (Fsp3) is 0.333. The zero-order valence-corrected chi connectivity index (χ0v) is 6.66. The fourth-order valence-electron chi connectivity index (χ4n) is 0.835. The van der Waals surface area contributed by atoms with Gasteiger partial charge in [-0.3, -0.25) is 0 Å². The molecule has 54 valence electrons. The summed E-state index contributed by atoms with van der Waals surface area (Å²) in [5.41, 5.74) is 6.91. The first kappa shape index (κ1) is 7.21. The van der Waals surface area contributed by atoms with Crippen molar-refractivity contribution >= 4 is 17.2 Å². The van der Waals surface area contributed by atoms with Gasteiger partial charge < -0.3 is 10.3 Å². The predicted octanol–water partition coefficient (Wildman–Crippen LogP) is 0.926. The Morgan fingerprint density at radius 3 is 2.40 bits per heavy atom. The highest BCUT2D eigenvalue weighted by molar-refractivity contribution is 7.80. The van der Waals surface area contributed by atoms with Crippen molar-refractivity contribution in [2.45, 2.75) is 13.8 Å². The molecular formula is C6H8N2OS. The molecule has 0 saturated heterocycles. The lowest BCUT2D eigenvalue weighted by molar-refractivity contribution is 0.393. The number of aromatic nitrogens is 1. The first-order valence-corrected chi connectivity index (χ1v) is 3.26. The molecule has 0 aliphatic carbocycles. The van der Waals surface area contributed by atoms with Crippen molar-refractivity contribution in [2.75, 3.05) is 0 Å². The van der Waals surface area contributed by atoms with Gasteiger partial charge >= 0.3 is 0 Å². The van der Waals surface area contributed by atoms with E-state index in [0.29, 0.717) is 10.7 Å². The van der Waals surface area contributed by atoms with E-state index in [1.807, 2.05) is 6.92 Å². The second kappa shape index (κ2) is 2.38. The van der Waals surface area contributed by atoms with E-state index in [9.17, 15) is 0 Å². The monoisotopic (exact) mass is 156 g/mol. The molecule has 1 aromatic heterocycles. The molecule has 0 saturated carbocycles. The van der Waals surface area contributed by atoms with Crippen LogP contribution in [0, 0.1) is 13.8 Å². The summed E-state index contributed by atoms with van der Waals surface area (Å²) < 4.78 is 4.84. The molecule has 0 bridgehead atoms. The second-order valence-corrected chi connectivity index (χ2v) is 2.50. The second-order valence-electron chi connectivity index (χ2n) is 2.06. The summed E-state index contributed by atoms with van der Waals surface area (Å²) in [4.78, 5) is 0.344. The van der Waals surface area contributed by atoms with Crippen LogP contribution in [0.2, 0.25) is 0 Å². The number of nitrogens with two attached hydrogens (primary N) is 1. The van der Waals surface area contributed by atoms with Crippen molar-refractivity contribution in [1.82, 2.24) is 5.16 Å². The summed E-state index contributed by atoms with van der Waals surface area (Å²) in [6.07, 6.45) is 0. The normalized spacial score (nSPS) is 9.80. The van der Waals surface area contributed by atoms with Gasteiger partial charge in [0.2, 0.25) is 0 Å². The van der Waals surface area contributed by atoms with Gasteiger partial charge in [-0.2, -0.15) is 0 Å². The predicted molar refractivity (Wildman–Crippen MR) is 41.9 cm³/mol. The number of hydrogen-bond donors (Lipinski definition) is 1. The first-order chi connectivity index (χ1) is 4.63. The lowest BCUT2D eigenvalue weighted by Crippen LogP contribution is -2.10. The van der Waals surface area contributed by atoms with Crippen LogP contribution in [0.25, 0.3) is 0 Å². The van der Waals surface area contributed by atoms with E-state index < -0.39 is 0 Å². The highest BCUT2D eigenvalue weighted by atomic mass is 32.1. The third-order valence-electron chi connectivity index (χ3n) is 1.28. The zero-order valence-electron chi connectivity index (χ0n) is 5.84. The lowest BCUT2D eigenvalue weighted by Gasteiger charge is -1.91. The number of thiocarbonyl (C=S) groups is 1. The van der Waals surface area contributed by atoms with E-state index in [0.717, 1.165) is 11.3 Å². The van der Waals surface area contributed by atoms with E-state index >= 15 is 0 Å². The Hall–Kier alpha value is -0.900. The molecule has 1 heterocycles. The van der Waals surface area contributed by atoms with E-state index in [-0.39, 0.29) is 0 Å². The average Bonchev–Trinajstić information content (AvgIpc) is 2.11. The number of rotatable bonds is 1. The van der Waals surface area contributed by atoms with Crippen molar-refractivity contribution in [1.29, 1.82) is 0 Å². The molecular weight excluding hydrogens is 148 g/mol. The minimum Gasteiger partial charge on any atom is -0.389 e. The molecule has 0 spiro atoms. The molecule has 0 atom stereocenters. The van der Waals surface area contributed by atoms with Crippen LogP contribution in [0.5, 0.6) is 0 Å². The Morgan fingerprint density at radius 2 is 2.20 bits per heavy atom. The molecule has 0 radical (unpaired) electrons. The summed E-state index contributed by atoms with van der Waals surface area (Å²) in [5.74, 6) is 0.685. The summed E-state index contributed by atoms with van der Waals surface area (Å²) in [7, 11) is 0. The Bertz CT molecular complexity index is 247. The molecule has 4 heteroatoms. The summed E-state index contributed by atoms with van der Waals surface area (Å²) in [5, 5.41) is 3.69. The molecule has 0 fully saturated rings. The van der Waals surface area contributed by atoms with Crippen LogP contribution in [0.4, 0.5) is 0 Å². The van der Waals surface area contributed by atoms with Gasteiger partial charge in [-0.15, -0.1) is 0 Å². The van der Waals surface area contributed by atoms with Gasteiger partial charge in [-0.05, 0) is 13.8 Å². The lowest BCUT2D eigenvalue weighted by atomic mass is 10.2. The van der Waals surface area contributed by atoms with Crippen molar-refractivity contribution in [3.05, 3.63) is 17.0 Å². The third kappa shape index (κ3) is 1.02. The maximum absolute atomic E-state index is 5.39. The first-order valence-electron chi connectivity index (χ1n) is 2.85. The number of aryl methyl sites for hydroxylation is 2. The Kier molecular flexibility index (Phi) is 1.72. The molecule has 2 N–H and O–H groups in total. The topological polar surface area (TPSA) is 52.0 Å². The molecule has 0 amide bonds. The minimum absolute atomic E-state index is 0.344. The standard InChI is InChI=1S/C6H8N2OS/c1-3-5(6(7)10)4(2)9-8-3/h1-2H3,(H2,7,10). The van der Waals surface area contributed by atoms with Gasteiger partial charge in [0.15, 0.2) is 0 Å². The molecule has 10 heavy (non-hydrogen) atoms. The third-order valence-corrected chi connectivity index (χ3v) is 1.48. The molecule has 0 aliphatic heterocycles. The fourth-order valence-corrected chi connectivity index (χ4v) is 1.13. The van der Waals surface area contributed by atoms with E-state index in [4.69, 9.17) is 22.5 Å². The van der Waals surface area contributed by atoms with Gasteiger partial charge in [-0.1, -0.05) is 17.4 Å². The Balaban J connectivity index is 3.23. The van der Waals surface area contributed by atoms with Crippen LogP contribution in [0.1, 0.15) is 17.0 Å². The van der Waals surface area contributed by atoms with E-state index in [2.05, 4.69) is 5.16 Å². The molecule has 0 aliphatic rings. The van der Waals surface area contributed by atoms with E-state index in [1.54, 1.807) is 6.92 Å². The van der Waals surface area contributed by atoms with Crippen LogP contribution in [0.15, 0.2) is 4.52 Å². The summed E-state index contributed by atoms with van der Waals surface area (Å²) in [6.45, 7) is 3.60. The highest BCUT2D eigenvalue weighted by Crippen LogP contribution is 2.10. The molecule has 3 nitrogen and oxygen atoms in total. The number of nitrogens with zero attached hydrogens (tertiary/aromatic N) is 1. The van der Waals surface area contributed by atoms with Crippen LogP contribution in [0.3, 0.4) is 0 Å². The van der Waals surface area contributed by atoms with Crippen LogP contribution in [-0.4, -0.2) is 10.1 Å². The van der Waals surface area contributed by atoms with Crippen LogP contribution >= 0.6 is 12.2 Å². The SMILES string of the molecule is Cc1noc(C)c1C(N)=S. The van der Waals surface area contributed by atoms with Crippen molar-refractivity contribution < 1.29 is 4.52 Å². The largest absolute Gasteiger partial charge is 0.389 e. The van der Waals surface area contributed by atoms with Gasteiger partial charge in [0.1, 0.15) is 10.7 Å². The summed E-state index contributed by atoms with van der Waals surface area (Å²) >= 11 is 4.77. The molecule has 0 aromatic carbocycles. The minimum atomic E-state index is 0.344. The van der Waals surface area contributed by atoms with Crippen molar-refractivity contribution in [3.63, 3.8) is 0 Å². The highest BCUT2D eigenvalue weighted by Gasteiger charge is 2.09. The van der Waals surface area contributed by atoms with Gasteiger partial charge in [-0.25, -0.2) is 0 Å². The van der Waals surface area contributed by atoms with E-state index in [1.165, 1.54) is 0 Å². The smallest absolute Gasteiger partial charge is 0.144 e. The maximum atomic E-state index is 5.39. The Labute approximate surface area is 64.2 Å². The van der Waals surface area contributed by atoms with Crippen molar-refractivity contribution in [2.24, 2.45) is 5.73 Å². The zero-order chi connectivity index (χ0) is 7.72. The molecule has 1 aromatic rings. The van der Waals surface area contributed by atoms with Crippen molar-refractivity contribution in [3.8, 4) is 0 Å². The van der Waals surface area contributed by atoms with Gasteiger partial charge in [0.25, 0.3) is 0 Å². The summed E-state index contributed by atoms with van der Waals surface area (Å²) in [6, 6.07) is 0. The Morgan fingerprint density at radius 1 is 1.60 bits per heavy atom. The quantitative estimate of drug-likeness (QED) is 0.614. The van der Waals surface area contributed by atoms with Gasteiger partial charge in [0, 0.05) is 0 Å². The number of hydrogen-bond acceptors (Lipinski definition) is 3.